The summed E-state index contributed by atoms with van der Waals surface area (Å²) in [5.74, 6) is -2.21. The van der Waals surface area contributed by atoms with E-state index in [1.54, 1.807) is 66.7 Å². The summed E-state index contributed by atoms with van der Waals surface area (Å²) in [5, 5.41) is 24.0. The molecule has 5 aromatic carbocycles. The van der Waals surface area contributed by atoms with Gasteiger partial charge in [-0.3, -0.25) is 9.13 Å². The molecular weight excluding hydrogens is 542 g/mol. The molecule has 40 heavy (non-hydrogen) atoms. The molecule has 8 heteroatoms. The van der Waals surface area contributed by atoms with Gasteiger partial charge in [0.25, 0.3) is 0 Å². The molecule has 2 aliphatic heterocycles. The summed E-state index contributed by atoms with van der Waals surface area (Å²) >= 11 is 0. The highest BCUT2D eigenvalue weighted by atomic mass is 31.2. The molecule has 0 bridgehead atoms. The number of aliphatic hydroxyl groups is 2. The minimum Gasteiger partial charge on any atom is -0.437 e. The van der Waals surface area contributed by atoms with Gasteiger partial charge in [-0.15, -0.1) is 0 Å². The fourth-order valence-corrected chi connectivity index (χ4v) is 10.1. The fraction of sp³-hybridized carbons (Fsp3) is 0.0625. The molecule has 0 aromatic heterocycles. The molecule has 0 fully saturated rings. The van der Waals surface area contributed by atoms with E-state index in [1.165, 1.54) is 6.07 Å². The minimum atomic E-state index is -3.87. The van der Waals surface area contributed by atoms with Crippen molar-refractivity contribution in [2.45, 2.75) is 11.7 Å². The predicted molar refractivity (Wildman–Crippen MR) is 156 cm³/mol. The molecule has 2 heterocycles. The number of rotatable bonds is 4. The summed E-state index contributed by atoms with van der Waals surface area (Å²) in [7, 11) is -7.74. The lowest BCUT2D eigenvalue weighted by atomic mass is 10.0. The van der Waals surface area contributed by atoms with E-state index < -0.39 is 26.4 Å². The van der Waals surface area contributed by atoms with Gasteiger partial charge in [0.2, 0.25) is 0 Å². The van der Waals surface area contributed by atoms with Gasteiger partial charge in [-0.25, -0.2) is 0 Å². The first kappa shape index (κ1) is 25.1. The summed E-state index contributed by atoms with van der Waals surface area (Å²) < 4.78 is 41.0. The van der Waals surface area contributed by atoms with Crippen LogP contribution in [0.1, 0.15) is 22.8 Å². The molecular formula is C32H24O6P2. The average Bonchev–Trinajstić information content (AvgIpc) is 3.01. The SMILES string of the molecule is O=P1(C(O)c2cccc(C(O)P3(=O)Oc4ccccc4-c4ccccc43)c2)Oc2ccccc2-c2ccccc21. The summed E-state index contributed by atoms with van der Waals surface area (Å²) in [6.45, 7) is 0. The van der Waals surface area contributed by atoms with Crippen LogP contribution in [0.4, 0.5) is 0 Å². The van der Waals surface area contributed by atoms with Gasteiger partial charge in [-0.1, -0.05) is 91.0 Å². The van der Waals surface area contributed by atoms with E-state index >= 15 is 0 Å². The lowest BCUT2D eigenvalue weighted by Crippen LogP contribution is -2.23. The highest BCUT2D eigenvalue weighted by molar-refractivity contribution is 7.68. The van der Waals surface area contributed by atoms with Crippen LogP contribution in [-0.4, -0.2) is 10.2 Å². The van der Waals surface area contributed by atoms with E-state index in [1.807, 2.05) is 48.5 Å². The molecule has 0 saturated carbocycles. The molecule has 0 spiro atoms. The average molecular weight is 566 g/mol. The Bertz CT molecular complexity index is 1750. The second-order valence-electron chi connectivity index (χ2n) is 9.82. The maximum Gasteiger partial charge on any atom is 0.310 e. The maximum absolute atomic E-state index is 14.5. The summed E-state index contributed by atoms with van der Waals surface area (Å²) in [6, 6.07) is 35.3. The van der Waals surface area contributed by atoms with Crippen LogP contribution in [0.15, 0.2) is 121 Å². The van der Waals surface area contributed by atoms with Crippen molar-refractivity contribution in [3.63, 3.8) is 0 Å². The van der Waals surface area contributed by atoms with Crippen LogP contribution in [0.3, 0.4) is 0 Å². The molecule has 4 unspecified atom stereocenters. The number of benzene rings is 5. The van der Waals surface area contributed by atoms with Crippen LogP contribution in [0, 0.1) is 0 Å². The van der Waals surface area contributed by atoms with E-state index in [-0.39, 0.29) is 11.1 Å². The second kappa shape index (κ2) is 9.33. The lowest BCUT2D eigenvalue weighted by molar-refractivity contribution is 0.233. The quantitative estimate of drug-likeness (QED) is 0.228. The van der Waals surface area contributed by atoms with Gasteiger partial charge in [0, 0.05) is 11.1 Å². The fourth-order valence-electron chi connectivity index (χ4n) is 5.51. The van der Waals surface area contributed by atoms with Crippen molar-refractivity contribution in [1.82, 2.24) is 0 Å². The van der Waals surface area contributed by atoms with Crippen LogP contribution < -0.4 is 19.7 Å². The first-order valence-electron chi connectivity index (χ1n) is 12.8. The first-order chi connectivity index (χ1) is 19.4. The monoisotopic (exact) mass is 566 g/mol. The molecule has 0 aliphatic carbocycles. The normalized spacial score (nSPS) is 21.9. The van der Waals surface area contributed by atoms with Crippen molar-refractivity contribution in [2.75, 3.05) is 0 Å². The largest absolute Gasteiger partial charge is 0.437 e. The third-order valence-corrected chi connectivity index (χ3v) is 12.4. The van der Waals surface area contributed by atoms with Crippen molar-refractivity contribution in [3.05, 3.63) is 132 Å². The van der Waals surface area contributed by atoms with E-state index in [2.05, 4.69) is 0 Å². The van der Waals surface area contributed by atoms with Crippen molar-refractivity contribution >= 4 is 25.3 Å². The smallest absolute Gasteiger partial charge is 0.310 e. The standard InChI is InChI=1S/C32H24O6P2/c33-31(39(35)29-18-7-3-14-25(29)23-12-1-5-16-27(23)37-39)21-10-9-11-22(20-21)32(34)40(36)30-19-8-4-15-26(30)24-13-2-6-17-28(24)38-40/h1-20,31-34H. The highest BCUT2D eigenvalue weighted by Crippen LogP contribution is 2.64. The maximum atomic E-state index is 14.5. The number of hydrogen-bond acceptors (Lipinski definition) is 6. The van der Waals surface area contributed by atoms with Crippen molar-refractivity contribution in [2.24, 2.45) is 0 Å². The first-order valence-corrected chi connectivity index (χ1v) is 16.2. The molecule has 0 radical (unpaired) electrons. The number of aliphatic hydroxyl groups excluding tert-OH is 2. The Labute approximate surface area is 231 Å². The zero-order valence-corrected chi connectivity index (χ0v) is 22.9. The Morgan fingerprint density at radius 1 is 0.475 bits per heavy atom. The number of para-hydroxylation sites is 2. The minimum absolute atomic E-state index is 0.270. The summed E-state index contributed by atoms with van der Waals surface area (Å²) in [6.07, 6.45) is 0. The van der Waals surface area contributed by atoms with Crippen LogP contribution in [0.5, 0.6) is 11.5 Å². The van der Waals surface area contributed by atoms with Gasteiger partial charge in [0.05, 0.1) is 10.6 Å². The molecule has 6 nitrogen and oxygen atoms in total. The zero-order valence-electron chi connectivity index (χ0n) is 21.1. The summed E-state index contributed by atoms with van der Waals surface area (Å²) in [5.41, 5.74) is 3.61. The van der Waals surface area contributed by atoms with E-state index in [9.17, 15) is 19.3 Å². The molecule has 4 atom stereocenters. The van der Waals surface area contributed by atoms with E-state index in [0.29, 0.717) is 22.1 Å². The molecule has 5 aromatic rings. The number of fused-ring (bicyclic) bond motifs is 6. The van der Waals surface area contributed by atoms with Crippen LogP contribution in [-0.2, 0) is 9.13 Å². The Kier molecular flexibility index (Phi) is 5.85. The third kappa shape index (κ3) is 3.72. The Balaban J connectivity index is 1.29. The van der Waals surface area contributed by atoms with Crippen LogP contribution >= 0.6 is 14.7 Å². The van der Waals surface area contributed by atoms with Crippen molar-refractivity contribution in [3.8, 4) is 33.8 Å². The van der Waals surface area contributed by atoms with Gasteiger partial charge >= 0.3 is 14.7 Å². The van der Waals surface area contributed by atoms with Crippen molar-refractivity contribution in [1.29, 1.82) is 0 Å². The molecule has 2 N–H and O–H groups in total. The van der Waals surface area contributed by atoms with Gasteiger partial charge < -0.3 is 19.3 Å². The zero-order chi connectivity index (χ0) is 27.5. The lowest BCUT2D eigenvalue weighted by Gasteiger charge is -2.33. The van der Waals surface area contributed by atoms with Gasteiger partial charge in [0.15, 0.2) is 11.7 Å². The molecule has 0 amide bonds. The van der Waals surface area contributed by atoms with E-state index in [0.717, 1.165) is 22.3 Å². The van der Waals surface area contributed by atoms with Crippen LogP contribution in [0.2, 0.25) is 0 Å². The Morgan fingerprint density at radius 2 is 0.850 bits per heavy atom. The van der Waals surface area contributed by atoms with Crippen molar-refractivity contribution < 1.29 is 28.4 Å². The Morgan fingerprint density at radius 3 is 1.30 bits per heavy atom. The predicted octanol–water partition coefficient (Wildman–Crippen LogP) is 6.99. The number of hydrogen-bond donors (Lipinski definition) is 2. The van der Waals surface area contributed by atoms with Crippen LogP contribution in [0.25, 0.3) is 22.3 Å². The molecule has 198 valence electrons. The van der Waals surface area contributed by atoms with Gasteiger partial charge in [0.1, 0.15) is 11.5 Å². The van der Waals surface area contributed by atoms with Gasteiger partial charge in [-0.05, 0) is 52.6 Å². The topological polar surface area (TPSA) is 93.1 Å². The Hall–Kier alpha value is -3.92. The van der Waals surface area contributed by atoms with Gasteiger partial charge in [-0.2, -0.15) is 0 Å². The molecule has 7 rings (SSSR count). The highest BCUT2D eigenvalue weighted by Gasteiger charge is 2.45. The van der Waals surface area contributed by atoms with E-state index in [4.69, 9.17) is 9.05 Å². The second-order valence-corrected chi connectivity index (χ2v) is 14.5. The summed E-state index contributed by atoms with van der Waals surface area (Å²) in [4.78, 5) is 0. The molecule has 0 saturated heterocycles. The third-order valence-electron chi connectivity index (χ3n) is 7.45. The molecule has 2 aliphatic rings.